The first-order chi connectivity index (χ1) is 9.47. The Morgan fingerprint density at radius 2 is 2.25 bits per heavy atom. The number of hydrogen-bond acceptors (Lipinski definition) is 4. The number of rotatable bonds is 4. The maximum absolute atomic E-state index is 11.9. The molecule has 1 aromatic carbocycles. The highest BCUT2D eigenvalue weighted by atomic mass is 35.5. The highest BCUT2D eigenvalue weighted by Crippen LogP contribution is 2.24. The Kier molecular flexibility index (Phi) is 3.99. The lowest BCUT2D eigenvalue weighted by atomic mass is 10.2. The van der Waals surface area contributed by atoms with E-state index in [1.54, 1.807) is 24.0 Å². The van der Waals surface area contributed by atoms with Crippen LogP contribution in [0.1, 0.15) is 16.1 Å². The first kappa shape index (κ1) is 14.0. The molecule has 0 atom stereocenters. The lowest BCUT2D eigenvalue weighted by Gasteiger charge is -2.04. The number of amides is 1. The van der Waals surface area contributed by atoms with Gasteiger partial charge in [0, 0.05) is 24.9 Å². The number of aromatic nitrogens is 2. The summed E-state index contributed by atoms with van der Waals surface area (Å²) >= 11 is 5.75. The molecule has 0 spiro atoms. The number of nitrogens with zero attached hydrogens (tertiary/aromatic N) is 3. The van der Waals surface area contributed by atoms with E-state index in [0.29, 0.717) is 5.69 Å². The van der Waals surface area contributed by atoms with Crippen LogP contribution in [0.3, 0.4) is 0 Å². The van der Waals surface area contributed by atoms with Crippen molar-refractivity contribution in [3.8, 4) is 0 Å². The molecule has 0 fully saturated rings. The van der Waals surface area contributed by atoms with Gasteiger partial charge >= 0.3 is 0 Å². The van der Waals surface area contributed by atoms with Crippen LogP contribution < -0.4 is 5.32 Å². The molecule has 1 heterocycles. The van der Waals surface area contributed by atoms with Crippen molar-refractivity contribution in [1.82, 2.24) is 15.1 Å². The number of hydrogen-bond donors (Lipinski definition) is 1. The van der Waals surface area contributed by atoms with Gasteiger partial charge < -0.3 is 5.32 Å². The lowest BCUT2D eigenvalue weighted by molar-refractivity contribution is -0.384. The van der Waals surface area contributed by atoms with Crippen LogP contribution in [-0.4, -0.2) is 20.6 Å². The first-order valence-electron chi connectivity index (χ1n) is 5.68. The van der Waals surface area contributed by atoms with Crippen LogP contribution in [0.4, 0.5) is 5.69 Å². The summed E-state index contributed by atoms with van der Waals surface area (Å²) in [5.74, 6) is -0.368. The molecular weight excluding hydrogens is 284 g/mol. The maximum atomic E-state index is 11.9. The SMILES string of the molecule is Cn1ccc(CNC(=O)c2ccc([N+](=O)[O-])c(Cl)c2)n1. The Morgan fingerprint density at radius 1 is 1.50 bits per heavy atom. The number of aryl methyl sites for hydroxylation is 1. The summed E-state index contributed by atoms with van der Waals surface area (Å²) in [6.07, 6.45) is 1.77. The molecule has 0 radical (unpaired) electrons. The fourth-order valence-corrected chi connectivity index (χ4v) is 1.88. The van der Waals surface area contributed by atoms with Crippen molar-refractivity contribution < 1.29 is 9.72 Å². The Balaban J connectivity index is 2.06. The molecule has 1 aromatic heterocycles. The Labute approximate surface area is 119 Å². The molecule has 1 N–H and O–H groups in total. The van der Waals surface area contributed by atoms with Gasteiger partial charge in [0.2, 0.25) is 0 Å². The summed E-state index contributed by atoms with van der Waals surface area (Å²) in [5.41, 5.74) is 0.748. The molecule has 0 bridgehead atoms. The Bertz CT molecular complexity index is 668. The first-order valence-corrected chi connectivity index (χ1v) is 6.06. The van der Waals surface area contributed by atoms with Crippen LogP contribution >= 0.6 is 11.6 Å². The number of benzene rings is 1. The molecule has 20 heavy (non-hydrogen) atoms. The van der Waals surface area contributed by atoms with E-state index in [1.807, 2.05) is 0 Å². The zero-order valence-electron chi connectivity index (χ0n) is 10.5. The van der Waals surface area contributed by atoms with E-state index in [1.165, 1.54) is 18.2 Å². The Morgan fingerprint density at radius 3 is 2.80 bits per heavy atom. The minimum absolute atomic E-state index is 0.0690. The summed E-state index contributed by atoms with van der Waals surface area (Å²) in [6, 6.07) is 5.62. The summed E-state index contributed by atoms with van der Waals surface area (Å²) in [5, 5.41) is 17.3. The van der Waals surface area contributed by atoms with Gasteiger partial charge in [-0.3, -0.25) is 19.6 Å². The van der Waals surface area contributed by atoms with E-state index in [-0.39, 0.29) is 28.7 Å². The highest BCUT2D eigenvalue weighted by molar-refractivity contribution is 6.33. The van der Waals surface area contributed by atoms with Crippen LogP contribution in [0, 0.1) is 10.1 Å². The van der Waals surface area contributed by atoms with E-state index < -0.39 is 4.92 Å². The topological polar surface area (TPSA) is 90.1 Å². The van der Waals surface area contributed by atoms with Crippen molar-refractivity contribution in [2.75, 3.05) is 0 Å². The molecule has 0 saturated carbocycles. The smallest absolute Gasteiger partial charge is 0.287 e. The number of nitro groups is 1. The summed E-state index contributed by atoms with van der Waals surface area (Å²) in [7, 11) is 1.78. The molecule has 1 amide bonds. The normalized spacial score (nSPS) is 10.3. The molecule has 0 unspecified atom stereocenters. The van der Waals surface area contributed by atoms with Crippen LogP contribution in [0.2, 0.25) is 5.02 Å². The van der Waals surface area contributed by atoms with E-state index in [2.05, 4.69) is 10.4 Å². The number of carbonyl (C=O) groups is 1. The van der Waals surface area contributed by atoms with Crippen molar-refractivity contribution in [2.45, 2.75) is 6.54 Å². The minimum Gasteiger partial charge on any atom is -0.346 e. The fraction of sp³-hybridized carbons (Fsp3) is 0.167. The molecule has 0 aliphatic carbocycles. The van der Waals surface area contributed by atoms with E-state index in [4.69, 9.17) is 11.6 Å². The zero-order valence-corrected chi connectivity index (χ0v) is 11.3. The van der Waals surface area contributed by atoms with E-state index in [0.717, 1.165) is 0 Å². The van der Waals surface area contributed by atoms with Crippen molar-refractivity contribution in [3.63, 3.8) is 0 Å². The second-order valence-electron chi connectivity index (χ2n) is 4.09. The van der Waals surface area contributed by atoms with Gasteiger partial charge in [-0.2, -0.15) is 5.10 Å². The van der Waals surface area contributed by atoms with Crippen LogP contribution in [0.5, 0.6) is 0 Å². The predicted octanol–water partition coefficient (Wildman–Crippen LogP) is 1.91. The van der Waals surface area contributed by atoms with Crippen molar-refractivity contribution >= 4 is 23.2 Å². The number of nitro benzene ring substituents is 1. The van der Waals surface area contributed by atoms with Gasteiger partial charge in [0.05, 0.1) is 17.2 Å². The summed E-state index contributed by atoms with van der Waals surface area (Å²) < 4.78 is 1.63. The Hall–Kier alpha value is -2.41. The van der Waals surface area contributed by atoms with Gasteiger partial charge in [-0.1, -0.05) is 11.6 Å². The second-order valence-corrected chi connectivity index (χ2v) is 4.49. The van der Waals surface area contributed by atoms with Gasteiger partial charge in [-0.05, 0) is 18.2 Å². The number of halogens is 1. The molecule has 7 nitrogen and oxygen atoms in total. The third kappa shape index (κ3) is 3.12. The van der Waals surface area contributed by atoms with E-state index >= 15 is 0 Å². The average Bonchev–Trinajstić information content (AvgIpc) is 2.81. The molecular formula is C12H11ClN4O3. The molecule has 0 aliphatic heterocycles. The van der Waals surface area contributed by atoms with Crippen molar-refractivity contribution in [1.29, 1.82) is 0 Å². The summed E-state index contributed by atoms with van der Waals surface area (Å²) in [6.45, 7) is 0.272. The number of nitrogens with one attached hydrogen (secondary N) is 1. The minimum atomic E-state index is -0.599. The van der Waals surface area contributed by atoms with E-state index in [9.17, 15) is 14.9 Å². The fourth-order valence-electron chi connectivity index (χ4n) is 1.63. The number of carbonyl (C=O) groups excluding carboxylic acids is 1. The third-order valence-corrected chi connectivity index (χ3v) is 2.91. The van der Waals surface area contributed by atoms with Crippen LogP contribution in [0.25, 0.3) is 0 Å². The molecule has 0 aliphatic rings. The predicted molar refractivity (Wildman–Crippen MR) is 72.5 cm³/mol. The van der Waals surface area contributed by atoms with Gasteiger partial charge in [0.1, 0.15) is 5.02 Å². The van der Waals surface area contributed by atoms with Crippen molar-refractivity contribution in [2.24, 2.45) is 7.05 Å². The average molecular weight is 295 g/mol. The van der Waals surface area contributed by atoms with Gasteiger partial charge in [-0.25, -0.2) is 0 Å². The zero-order chi connectivity index (χ0) is 14.7. The highest BCUT2D eigenvalue weighted by Gasteiger charge is 2.15. The van der Waals surface area contributed by atoms with Crippen molar-refractivity contribution in [3.05, 3.63) is 56.9 Å². The monoisotopic (exact) mass is 294 g/mol. The van der Waals surface area contributed by atoms with Gasteiger partial charge in [0.25, 0.3) is 11.6 Å². The standard InChI is InChI=1S/C12H11ClN4O3/c1-16-5-4-9(15-16)7-14-12(18)8-2-3-11(17(19)20)10(13)6-8/h2-6H,7H2,1H3,(H,14,18). The largest absolute Gasteiger partial charge is 0.346 e. The molecule has 8 heteroatoms. The van der Waals surface area contributed by atoms with Crippen LogP contribution in [-0.2, 0) is 13.6 Å². The summed E-state index contributed by atoms with van der Waals surface area (Å²) in [4.78, 5) is 21.9. The quantitative estimate of drug-likeness (QED) is 0.689. The molecule has 0 saturated heterocycles. The molecule has 2 aromatic rings. The molecule has 2 rings (SSSR count). The van der Waals surface area contributed by atoms with Gasteiger partial charge in [0.15, 0.2) is 0 Å². The van der Waals surface area contributed by atoms with Gasteiger partial charge in [-0.15, -0.1) is 0 Å². The maximum Gasteiger partial charge on any atom is 0.287 e. The third-order valence-electron chi connectivity index (χ3n) is 2.61. The van der Waals surface area contributed by atoms with Crippen LogP contribution in [0.15, 0.2) is 30.5 Å². The lowest BCUT2D eigenvalue weighted by Crippen LogP contribution is -2.23. The molecule has 104 valence electrons. The second kappa shape index (κ2) is 5.70.